The van der Waals surface area contributed by atoms with E-state index in [2.05, 4.69) is 15.3 Å². The van der Waals surface area contributed by atoms with E-state index < -0.39 is 0 Å². The van der Waals surface area contributed by atoms with Gasteiger partial charge in [0.15, 0.2) is 0 Å². The molecular weight excluding hydrogens is 280 g/mol. The number of hydrogen-bond acceptors (Lipinski definition) is 5. The van der Waals surface area contributed by atoms with Crippen LogP contribution in [0.25, 0.3) is 0 Å². The topological polar surface area (TPSA) is 61.2 Å². The summed E-state index contributed by atoms with van der Waals surface area (Å²) in [5, 5.41) is 3.47. The Morgan fingerprint density at radius 2 is 2.32 bits per heavy atom. The van der Waals surface area contributed by atoms with Crippen molar-refractivity contribution >= 4 is 0 Å². The van der Waals surface area contributed by atoms with Gasteiger partial charge in [0.1, 0.15) is 17.7 Å². The van der Waals surface area contributed by atoms with Gasteiger partial charge in [-0.05, 0) is 18.6 Å². The fraction of sp³-hybridized carbons (Fsp3) is 0.500. The first-order valence-electron chi connectivity index (χ1n) is 7.57. The molecule has 0 unspecified atom stereocenters. The zero-order valence-corrected chi connectivity index (χ0v) is 13.0. The number of aryl methyl sites for hydroxylation is 1. The van der Waals surface area contributed by atoms with Crippen molar-refractivity contribution in [3.63, 3.8) is 0 Å². The molecular formula is C16H22N4O2. The van der Waals surface area contributed by atoms with Gasteiger partial charge in [0.25, 0.3) is 0 Å². The highest BCUT2D eigenvalue weighted by Gasteiger charge is 2.31. The van der Waals surface area contributed by atoms with Crippen molar-refractivity contribution in [3.05, 3.63) is 42.2 Å². The van der Waals surface area contributed by atoms with Crippen LogP contribution in [0.15, 0.2) is 30.7 Å². The Morgan fingerprint density at radius 1 is 1.41 bits per heavy atom. The van der Waals surface area contributed by atoms with Gasteiger partial charge in [-0.3, -0.25) is 4.98 Å². The van der Waals surface area contributed by atoms with Crippen LogP contribution >= 0.6 is 0 Å². The standard InChI is InChI=1S/C16H22N4O2/c1-20-8-7-19-16(20)15-12(5-9-22-15)10-17-11-13-14(21-2)4-3-6-18-13/h3-4,6-8,12,15,17H,5,9-11H2,1-2H3/t12-,15+/m0/s1. The van der Waals surface area contributed by atoms with Crippen molar-refractivity contribution in [1.82, 2.24) is 19.9 Å². The minimum Gasteiger partial charge on any atom is -0.495 e. The Balaban J connectivity index is 1.58. The first-order valence-corrected chi connectivity index (χ1v) is 7.57. The third-order valence-corrected chi connectivity index (χ3v) is 4.09. The van der Waals surface area contributed by atoms with Crippen LogP contribution in [0, 0.1) is 5.92 Å². The number of nitrogens with zero attached hydrogens (tertiary/aromatic N) is 3. The summed E-state index contributed by atoms with van der Waals surface area (Å²) >= 11 is 0. The van der Waals surface area contributed by atoms with Crippen molar-refractivity contribution in [2.45, 2.75) is 19.1 Å². The van der Waals surface area contributed by atoms with Crippen LogP contribution in [-0.2, 0) is 18.3 Å². The van der Waals surface area contributed by atoms with E-state index in [4.69, 9.17) is 9.47 Å². The van der Waals surface area contributed by atoms with E-state index in [1.165, 1.54) is 0 Å². The second-order valence-electron chi connectivity index (χ2n) is 5.52. The third-order valence-electron chi connectivity index (χ3n) is 4.09. The Kier molecular flexibility index (Phi) is 4.70. The highest BCUT2D eigenvalue weighted by molar-refractivity contribution is 5.26. The van der Waals surface area contributed by atoms with Crippen LogP contribution in [0.3, 0.4) is 0 Å². The Bertz CT molecular complexity index is 614. The quantitative estimate of drug-likeness (QED) is 0.880. The van der Waals surface area contributed by atoms with E-state index in [1.807, 2.05) is 36.1 Å². The molecule has 6 heteroatoms. The summed E-state index contributed by atoms with van der Waals surface area (Å²) in [6.45, 7) is 2.35. The largest absolute Gasteiger partial charge is 0.495 e. The number of rotatable bonds is 6. The van der Waals surface area contributed by atoms with Gasteiger partial charge in [-0.2, -0.15) is 0 Å². The lowest BCUT2D eigenvalue weighted by Crippen LogP contribution is -2.26. The first kappa shape index (κ1) is 15.0. The van der Waals surface area contributed by atoms with Gasteiger partial charge in [0, 0.05) is 51.3 Å². The lowest BCUT2D eigenvalue weighted by molar-refractivity contribution is 0.0810. The van der Waals surface area contributed by atoms with Crippen molar-refractivity contribution in [1.29, 1.82) is 0 Å². The minimum atomic E-state index is 0.0677. The number of pyridine rings is 1. The average molecular weight is 302 g/mol. The highest BCUT2D eigenvalue weighted by atomic mass is 16.5. The van der Waals surface area contributed by atoms with E-state index in [0.717, 1.165) is 36.8 Å². The van der Waals surface area contributed by atoms with E-state index in [0.29, 0.717) is 12.5 Å². The van der Waals surface area contributed by atoms with Gasteiger partial charge in [-0.15, -0.1) is 0 Å². The molecule has 0 aromatic carbocycles. The predicted molar refractivity (Wildman–Crippen MR) is 82.5 cm³/mol. The molecule has 3 rings (SSSR count). The number of methoxy groups -OCH3 is 1. The summed E-state index contributed by atoms with van der Waals surface area (Å²) in [5.41, 5.74) is 0.928. The van der Waals surface area contributed by atoms with Crippen LogP contribution < -0.4 is 10.1 Å². The molecule has 0 bridgehead atoms. The second kappa shape index (κ2) is 6.89. The van der Waals surface area contributed by atoms with Gasteiger partial charge in [0.2, 0.25) is 0 Å². The molecule has 0 spiro atoms. The molecule has 1 aliphatic rings. The number of ether oxygens (including phenoxy) is 2. The smallest absolute Gasteiger partial charge is 0.141 e. The Morgan fingerprint density at radius 3 is 3.09 bits per heavy atom. The molecule has 0 saturated carbocycles. The molecule has 2 atom stereocenters. The normalized spacial score (nSPS) is 21.2. The fourth-order valence-electron chi connectivity index (χ4n) is 2.90. The molecule has 2 aromatic rings. The fourth-order valence-corrected chi connectivity index (χ4v) is 2.90. The lowest BCUT2D eigenvalue weighted by Gasteiger charge is -2.19. The van der Waals surface area contributed by atoms with Crippen LogP contribution in [0.1, 0.15) is 24.0 Å². The van der Waals surface area contributed by atoms with Gasteiger partial charge in [0.05, 0.1) is 12.8 Å². The van der Waals surface area contributed by atoms with Gasteiger partial charge in [-0.1, -0.05) is 0 Å². The Hall–Kier alpha value is -1.92. The summed E-state index contributed by atoms with van der Waals surface area (Å²) in [7, 11) is 3.68. The molecule has 1 saturated heterocycles. The van der Waals surface area contributed by atoms with E-state index in [1.54, 1.807) is 13.3 Å². The second-order valence-corrected chi connectivity index (χ2v) is 5.52. The number of nitrogens with one attached hydrogen (secondary N) is 1. The first-order chi connectivity index (χ1) is 10.8. The molecule has 0 radical (unpaired) electrons. The molecule has 1 aliphatic heterocycles. The van der Waals surface area contributed by atoms with E-state index in [9.17, 15) is 0 Å². The van der Waals surface area contributed by atoms with Gasteiger partial charge >= 0.3 is 0 Å². The maximum Gasteiger partial charge on any atom is 0.141 e. The zero-order chi connectivity index (χ0) is 15.4. The highest BCUT2D eigenvalue weighted by Crippen LogP contribution is 2.32. The van der Waals surface area contributed by atoms with Crippen molar-refractivity contribution in [3.8, 4) is 5.75 Å². The number of imidazole rings is 1. The molecule has 2 aromatic heterocycles. The minimum absolute atomic E-state index is 0.0677. The Labute approximate surface area is 130 Å². The SMILES string of the molecule is COc1cccnc1CNC[C@@H]1CCO[C@H]1c1nccn1C. The maximum atomic E-state index is 5.87. The van der Waals surface area contributed by atoms with Crippen molar-refractivity contribution < 1.29 is 9.47 Å². The van der Waals surface area contributed by atoms with Crippen LogP contribution in [0.4, 0.5) is 0 Å². The van der Waals surface area contributed by atoms with E-state index >= 15 is 0 Å². The summed E-state index contributed by atoms with van der Waals surface area (Å²) in [5.74, 6) is 2.24. The van der Waals surface area contributed by atoms with Gasteiger partial charge in [-0.25, -0.2) is 4.98 Å². The molecule has 1 fully saturated rings. The monoisotopic (exact) mass is 302 g/mol. The summed E-state index contributed by atoms with van der Waals surface area (Å²) in [6.07, 6.45) is 6.68. The molecule has 0 aliphatic carbocycles. The number of aromatic nitrogens is 3. The average Bonchev–Trinajstić information content (AvgIpc) is 3.16. The third kappa shape index (κ3) is 3.13. The summed E-state index contributed by atoms with van der Waals surface area (Å²) < 4.78 is 13.2. The summed E-state index contributed by atoms with van der Waals surface area (Å²) in [6, 6.07) is 3.81. The molecule has 0 amide bonds. The molecule has 118 valence electrons. The molecule has 1 N–H and O–H groups in total. The molecule has 3 heterocycles. The van der Waals surface area contributed by atoms with Crippen molar-refractivity contribution in [2.24, 2.45) is 13.0 Å². The van der Waals surface area contributed by atoms with Crippen molar-refractivity contribution in [2.75, 3.05) is 20.3 Å². The van der Waals surface area contributed by atoms with Gasteiger partial charge < -0.3 is 19.4 Å². The number of hydrogen-bond donors (Lipinski definition) is 1. The zero-order valence-electron chi connectivity index (χ0n) is 13.0. The molecule has 6 nitrogen and oxygen atoms in total. The summed E-state index contributed by atoms with van der Waals surface area (Å²) in [4.78, 5) is 8.78. The van der Waals surface area contributed by atoms with E-state index in [-0.39, 0.29) is 6.10 Å². The maximum absolute atomic E-state index is 5.87. The van der Waals surface area contributed by atoms with Crippen LogP contribution in [0.2, 0.25) is 0 Å². The lowest BCUT2D eigenvalue weighted by atomic mass is 10.0. The van der Waals surface area contributed by atoms with Crippen LogP contribution in [0.5, 0.6) is 5.75 Å². The predicted octanol–water partition coefficient (Wildman–Crippen LogP) is 1.69. The van der Waals surface area contributed by atoms with Crippen LogP contribution in [-0.4, -0.2) is 34.8 Å². The molecule has 22 heavy (non-hydrogen) atoms.